The number of hydrogen-bond acceptors (Lipinski definition) is 4. The van der Waals surface area contributed by atoms with E-state index in [1.54, 1.807) is 0 Å². The molecule has 3 aromatic rings. The second-order valence-corrected chi connectivity index (χ2v) is 9.10. The number of likely N-dealkylation sites (N-methyl/N-ethyl adjacent to an activating group) is 1. The highest BCUT2D eigenvalue weighted by molar-refractivity contribution is 5.94. The topological polar surface area (TPSA) is 50.6 Å². The van der Waals surface area contributed by atoms with E-state index in [9.17, 15) is 4.79 Å². The van der Waals surface area contributed by atoms with E-state index in [-0.39, 0.29) is 5.91 Å². The molecule has 172 valence electrons. The predicted octanol–water partition coefficient (Wildman–Crippen LogP) is 3.68. The highest BCUT2D eigenvalue weighted by Crippen LogP contribution is 2.30. The van der Waals surface area contributed by atoms with Crippen molar-refractivity contribution in [3.05, 3.63) is 77.6 Å². The Kier molecular flexibility index (Phi) is 6.29. The van der Waals surface area contributed by atoms with E-state index in [1.807, 2.05) is 15.7 Å². The maximum absolute atomic E-state index is 13.4. The van der Waals surface area contributed by atoms with E-state index in [1.165, 1.54) is 22.0 Å². The van der Waals surface area contributed by atoms with Crippen LogP contribution in [0.1, 0.15) is 33.7 Å². The Bertz CT molecular complexity index is 1160. The molecule has 2 aromatic carbocycles. The summed E-state index contributed by atoms with van der Waals surface area (Å²) in [5.41, 5.74) is 4.28. The lowest BCUT2D eigenvalue weighted by Gasteiger charge is -2.32. The molecule has 6 heteroatoms. The van der Waals surface area contributed by atoms with Gasteiger partial charge in [0.1, 0.15) is 0 Å². The summed E-state index contributed by atoms with van der Waals surface area (Å²) in [6, 6.07) is 15.5. The summed E-state index contributed by atoms with van der Waals surface area (Å²) in [7, 11) is 2.20. The van der Waals surface area contributed by atoms with Gasteiger partial charge in [0.2, 0.25) is 0 Å². The zero-order chi connectivity index (χ0) is 22.8. The maximum Gasteiger partial charge on any atom is 0.274 e. The summed E-state index contributed by atoms with van der Waals surface area (Å²) in [5.74, 6) is 0.0368. The molecule has 1 atom stereocenters. The van der Waals surface area contributed by atoms with Gasteiger partial charge in [-0.25, -0.2) is 0 Å². The fourth-order valence-corrected chi connectivity index (χ4v) is 5.24. The molecule has 2 aliphatic rings. The van der Waals surface area contributed by atoms with Gasteiger partial charge >= 0.3 is 0 Å². The van der Waals surface area contributed by atoms with E-state index in [0.717, 1.165) is 31.4 Å². The molecule has 0 saturated carbocycles. The van der Waals surface area contributed by atoms with Crippen molar-refractivity contribution >= 4 is 16.7 Å². The Labute approximate surface area is 195 Å². The largest absolute Gasteiger partial charge is 0.378 e. The van der Waals surface area contributed by atoms with E-state index >= 15 is 0 Å². The van der Waals surface area contributed by atoms with Crippen LogP contribution in [-0.2, 0) is 30.7 Å². The van der Waals surface area contributed by atoms with Crippen LogP contribution in [0.4, 0.5) is 0 Å². The zero-order valence-corrected chi connectivity index (χ0v) is 19.4. The first-order valence-electron chi connectivity index (χ1n) is 11.9. The third-order valence-electron chi connectivity index (χ3n) is 7.05. The van der Waals surface area contributed by atoms with Crippen molar-refractivity contribution in [1.29, 1.82) is 0 Å². The molecule has 6 nitrogen and oxygen atoms in total. The summed E-state index contributed by atoms with van der Waals surface area (Å²) in [5, 5.41) is 7.36. The molecule has 5 rings (SSSR count). The van der Waals surface area contributed by atoms with Crippen LogP contribution in [0.15, 0.2) is 55.1 Å². The molecule has 33 heavy (non-hydrogen) atoms. The first-order chi connectivity index (χ1) is 16.2. The van der Waals surface area contributed by atoms with Crippen molar-refractivity contribution in [2.45, 2.75) is 38.4 Å². The first kappa shape index (κ1) is 21.9. The summed E-state index contributed by atoms with van der Waals surface area (Å²) in [6.07, 6.45) is 4.69. The minimum atomic E-state index is 0.0368. The lowest BCUT2D eigenvalue weighted by atomic mass is 9.89. The van der Waals surface area contributed by atoms with Crippen LogP contribution in [0, 0.1) is 0 Å². The second kappa shape index (κ2) is 9.49. The van der Waals surface area contributed by atoms with Crippen molar-refractivity contribution in [3.63, 3.8) is 0 Å². The molecule has 2 heterocycles. The van der Waals surface area contributed by atoms with E-state index in [4.69, 9.17) is 9.84 Å². The molecule has 1 saturated heterocycles. The molecule has 1 aromatic heterocycles. The lowest BCUT2D eigenvalue weighted by Crippen LogP contribution is -2.42. The highest BCUT2D eigenvalue weighted by atomic mass is 16.5. The summed E-state index contributed by atoms with van der Waals surface area (Å²) >= 11 is 0. The number of benzene rings is 2. The van der Waals surface area contributed by atoms with Crippen molar-refractivity contribution in [2.24, 2.45) is 0 Å². The number of hydrogen-bond donors (Lipinski definition) is 0. The highest BCUT2D eigenvalue weighted by Gasteiger charge is 2.32. The Morgan fingerprint density at radius 1 is 1.21 bits per heavy atom. The second-order valence-electron chi connectivity index (χ2n) is 9.10. The van der Waals surface area contributed by atoms with Gasteiger partial charge in [0.05, 0.1) is 19.8 Å². The van der Waals surface area contributed by atoms with Crippen LogP contribution in [-0.4, -0.2) is 64.9 Å². The maximum atomic E-state index is 13.4. The van der Waals surface area contributed by atoms with Gasteiger partial charge in [0.25, 0.3) is 5.91 Å². The smallest absolute Gasteiger partial charge is 0.274 e. The van der Waals surface area contributed by atoms with Crippen LogP contribution >= 0.6 is 0 Å². The van der Waals surface area contributed by atoms with Gasteiger partial charge in [-0.15, -0.1) is 6.58 Å². The number of fused-ring (bicyclic) bond motifs is 2. The monoisotopic (exact) mass is 444 g/mol. The molecule has 1 fully saturated rings. The van der Waals surface area contributed by atoms with Crippen molar-refractivity contribution in [2.75, 3.05) is 33.4 Å². The number of nitrogens with zero attached hydrogens (tertiary/aromatic N) is 4. The van der Waals surface area contributed by atoms with Crippen molar-refractivity contribution in [3.8, 4) is 0 Å². The van der Waals surface area contributed by atoms with Crippen LogP contribution in [0.2, 0.25) is 0 Å². The van der Waals surface area contributed by atoms with Gasteiger partial charge in [0.15, 0.2) is 5.69 Å². The van der Waals surface area contributed by atoms with Gasteiger partial charge < -0.3 is 9.64 Å². The van der Waals surface area contributed by atoms with E-state index in [0.29, 0.717) is 44.6 Å². The predicted molar refractivity (Wildman–Crippen MR) is 130 cm³/mol. The number of rotatable bonds is 6. The Hall–Kier alpha value is -2.96. The number of ether oxygens (including phenoxy) is 1. The van der Waals surface area contributed by atoms with Gasteiger partial charge in [-0.2, -0.15) is 5.10 Å². The van der Waals surface area contributed by atoms with Gasteiger partial charge in [-0.1, -0.05) is 48.5 Å². The molecule has 0 N–H and O–H groups in total. The first-order valence-corrected chi connectivity index (χ1v) is 11.9. The number of aromatic nitrogens is 2. The standard InChI is InChI=1S/C27H32N4O2/c1-3-13-31-25-12-11-22(18-24(25)26(28-31)27(32)30-14-16-33-17-15-30)29(2)19-21-9-6-8-20-7-4-5-10-23(20)21/h3-10,22H,1,11-19H2,2H3/t22-/m1/s1. The summed E-state index contributed by atoms with van der Waals surface area (Å²) in [4.78, 5) is 17.7. The lowest BCUT2D eigenvalue weighted by molar-refractivity contribution is 0.0297. The Morgan fingerprint density at radius 3 is 2.82 bits per heavy atom. The Morgan fingerprint density at radius 2 is 2.00 bits per heavy atom. The number of amides is 1. The van der Waals surface area contributed by atoms with Gasteiger partial charge in [0, 0.05) is 36.9 Å². The SMILES string of the molecule is C=CCn1nc(C(=O)N2CCOCC2)c2c1CC[C@@H](N(C)Cc1cccc3ccccc13)C2. The van der Waals surface area contributed by atoms with Crippen molar-refractivity contribution in [1.82, 2.24) is 19.6 Å². The molecule has 0 bridgehead atoms. The average Bonchev–Trinajstić information content (AvgIpc) is 3.22. The van der Waals surface area contributed by atoms with Crippen molar-refractivity contribution < 1.29 is 9.53 Å². The molecular weight excluding hydrogens is 412 g/mol. The molecular formula is C27H32N4O2. The molecule has 0 unspecified atom stereocenters. The normalized spacial score (nSPS) is 18.5. The minimum absolute atomic E-state index is 0.0368. The molecule has 1 aliphatic carbocycles. The molecule has 0 radical (unpaired) electrons. The number of carbonyl (C=O) groups is 1. The fraction of sp³-hybridized carbons (Fsp3) is 0.407. The number of morpholine rings is 1. The molecule has 1 amide bonds. The van der Waals surface area contributed by atoms with Crippen LogP contribution in [0.5, 0.6) is 0 Å². The summed E-state index contributed by atoms with van der Waals surface area (Å²) < 4.78 is 7.42. The summed E-state index contributed by atoms with van der Waals surface area (Å²) in [6.45, 7) is 7.85. The van der Waals surface area contributed by atoms with E-state index < -0.39 is 0 Å². The van der Waals surface area contributed by atoms with Crippen LogP contribution in [0.25, 0.3) is 10.8 Å². The van der Waals surface area contributed by atoms with E-state index in [2.05, 4.69) is 61.0 Å². The third-order valence-corrected chi connectivity index (χ3v) is 7.05. The van der Waals surface area contributed by atoms with Gasteiger partial charge in [-0.05, 0) is 42.6 Å². The Balaban J connectivity index is 1.39. The molecule has 0 spiro atoms. The third kappa shape index (κ3) is 4.33. The number of carbonyl (C=O) groups excluding carboxylic acids is 1. The number of allylic oxidation sites excluding steroid dienone is 1. The molecule has 1 aliphatic heterocycles. The fourth-order valence-electron chi connectivity index (χ4n) is 5.24. The minimum Gasteiger partial charge on any atom is -0.378 e. The van der Waals surface area contributed by atoms with Crippen LogP contribution in [0.3, 0.4) is 0 Å². The van der Waals surface area contributed by atoms with Crippen LogP contribution < -0.4 is 0 Å². The van der Waals surface area contributed by atoms with Gasteiger partial charge in [-0.3, -0.25) is 14.4 Å². The quantitative estimate of drug-likeness (QED) is 0.544. The average molecular weight is 445 g/mol. The zero-order valence-electron chi connectivity index (χ0n) is 19.4.